The molecular formula is C18H24N2O8S. The van der Waals surface area contributed by atoms with Crippen LogP contribution in [0.4, 0.5) is 0 Å². The first-order valence-electron chi connectivity index (χ1n) is 9.42. The van der Waals surface area contributed by atoms with Gasteiger partial charge in [-0.2, -0.15) is 0 Å². The number of hydrogen-bond acceptors (Lipinski definition) is 8. The lowest BCUT2D eigenvalue weighted by Gasteiger charge is -2.42. The highest BCUT2D eigenvalue weighted by atomic mass is 32.3. The van der Waals surface area contributed by atoms with E-state index in [4.69, 9.17) is 8.92 Å². The number of benzene rings is 1. The number of aliphatic hydroxyl groups is 1. The van der Waals surface area contributed by atoms with Gasteiger partial charge in [0.05, 0.1) is 30.9 Å². The average Bonchev–Trinajstić information content (AvgIpc) is 2.62. The Morgan fingerprint density at radius 3 is 2.69 bits per heavy atom. The second-order valence-corrected chi connectivity index (χ2v) is 9.39. The van der Waals surface area contributed by atoms with E-state index in [9.17, 15) is 28.9 Å². The van der Waals surface area contributed by atoms with Crippen molar-refractivity contribution in [2.24, 2.45) is 5.92 Å². The van der Waals surface area contributed by atoms with Gasteiger partial charge in [-0.15, -0.1) is 0 Å². The number of amides is 1. The minimum absolute atomic E-state index is 0.0175. The number of carbonyl (C=O) groups is 2. The van der Waals surface area contributed by atoms with E-state index in [1.807, 2.05) is 0 Å². The Balaban J connectivity index is 1.43. The highest BCUT2D eigenvalue weighted by Gasteiger charge is 2.39. The number of hydrogen-bond donors (Lipinski definition) is 5. The van der Waals surface area contributed by atoms with Gasteiger partial charge in [-0.3, -0.25) is 13.9 Å². The highest BCUT2D eigenvalue weighted by molar-refractivity contribution is 8.20. The van der Waals surface area contributed by atoms with Crippen molar-refractivity contribution in [2.45, 2.75) is 25.0 Å². The number of β-amino-alcohol motifs (C(OH)–C–C–N with tert-alkyl or cyclic N) is 1. The van der Waals surface area contributed by atoms with Crippen LogP contribution < -0.4 is 14.2 Å². The second kappa shape index (κ2) is 7.65. The number of fused-ring (bicyclic) bond motifs is 1. The number of rotatable bonds is 4. The van der Waals surface area contributed by atoms with Crippen LogP contribution in [-0.2, 0) is 11.2 Å². The minimum atomic E-state index is -3.32. The summed E-state index contributed by atoms with van der Waals surface area (Å²) in [6.07, 6.45) is -0.191. The number of ether oxygens (including phenoxy) is 1. The molecule has 4 rings (SSSR count). The van der Waals surface area contributed by atoms with E-state index in [0.29, 0.717) is 44.6 Å². The van der Waals surface area contributed by atoms with Crippen molar-refractivity contribution in [1.82, 2.24) is 10.2 Å². The Hall–Kier alpha value is -2.05. The zero-order chi connectivity index (χ0) is 20.8. The lowest BCUT2D eigenvalue weighted by Crippen LogP contribution is -2.59. The Bertz CT molecular complexity index is 826. The van der Waals surface area contributed by atoms with E-state index in [2.05, 4.69) is 5.32 Å². The van der Waals surface area contributed by atoms with Crippen LogP contribution in [0.25, 0.3) is 0 Å². The van der Waals surface area contributed by atoms with Crippen LogP contribution >= 0.6 is 10.9 Å². The molecule has 0 bridgehead atoms. The first kappa shape index (κ1) is 20.2. The van der Waals surface area contributed by atoms with Gasteiger partial charge in [0.2, 0.25) is 5.91 Å². The van der Waals surface area contributed by atoms with Crippen LogP contribution in [0.1, 0.15) is 22.3 Å². The molecule has 10 nitrogen and oxygen atoms in total. The third-order valence-electron chi connectivity index (χ3n) is 5.40. The summed E-state index contributed by atoms with van der Waals surface area (Å²) in [5.41, 5.74) is 0.335. The Kier molecular flexibility index (Phi) is 5.34. The van der Waals surface area contributed by atoms with Crippen molar-refractivity contribution in [2.75, 3.05) is 31.9 Å². The number of carboxylic acids is 1. The molecule has 3 aliphatic heterocycles. The first-order chi connectivity index (χ1) is 13.7. The van der Waals surface area contributed by atoms with Crippen LogP contribution in [-0.4, -0.2) is 80.2 Å². The fourth-order valence-corrected chi connectivity index (χ4v) is 4.88. The monoisotopic (exact) mass is 428 g/mol. The molecule has 1 amide bonds. The standard InChI is InChI=1S/C18H24N2O8S/c21-12-5-11(6-19-7-12)17(22)20-8-13(9-20)27-14-2-1-10-3-4-29(25,26)28-16(10)15(14)18(23)24/h1-2,11-13,19,21,25-26H,3-9H2,(H,23,24). The summed E-state index contributed by atoms with van der Waals surface area (Å²) >= 11 is 0. The normalized spacial score (nSPS) is 27.2. The zero-order valence-electron chi connectivity index (χ0n) is 15.6. The van der Waals surface area contributed by atoms with Gasteiger partial charge in [-0.25, -0.2) is 4.79 Å². The molecule has 2 saturated heterocycles. The van der Waals surface area contributed by atoms with Crippen molar-refractivity contribution in [3.8, 4) is 11.5 Å². The van der Waals surface area contributed by atoms with Crippen molar-refractivity contribution in [3.63, 3.8) is 0 Å². The molecule has 2 unspecified atom stereocenters. The van der Waals surface area contributed by atoms with Crippen LogP contribution in [0.5, 0.6) is 11.5 Å². The van der Waals surface area contributed by atoms with Gasteiger partial charge in [0.15, 0.2) is 5.75 Å². The van der Waals surface area contributed by atoms with Gasteiger partial charge in [-0.05, 0) is 24.5 Å². The molecular weight excluding hydrogens is 404 g/mol. The Labute approximate surface area is 169 Å². The van der Waals surface area contributed by atoms with Crippen LogP contribution in [0.15, 0.2) is 12.1 Å². The molecule has 160 valence electrons. The molecule has 3 aliphatic rings. The highest BCUT2D eigenvalue weighted by Crippen LogP contribution is 2.50. The molecule has 5 N–H and O–H groups in total. The van der Waals surface area contributed by atoms with E-state index in [1.54, 1.807) is 11.0 Å². The molecule has 2 atom stereocenters. The molecule has 0 radical (unpaired) electrons. The topological polar surface area (TPSA) is 149 Å². The summed E-state index contributed by atoms with van der Waals surface area (Å²) in [5, 5.41) is 22.4. The SMILES string of the molecule is O=C(O)c1c(OC2CN(C(=O)C3CNCC(O)C3)C2)ccc2c1OS(O)(O)CC2. The smallest absolute Gasteiger partial charge is 0.343 e. The number of aryl methyl sites for hydroxylation is 1. The van der Waals surface area contributed by atoms with Crippen molar-refractivity contribution >= 4 is 22.7 Å². The van der Waals surface area contributed by atoms with E-state index in [-0.39, 0.29) is 40.7 Å². The van der Waals surface area contributed by atoms with E-state index in [0.717, 1.165) is 0 Å². The maximum absolute atomic E-state index is 12.5. The number of nitrogens with one attached hydrogen (secondary N) is 1. The molecule has 0 spiro atoms. The number of carbonyl (C=O) groups excluding carboxylic acids is 1. The maximum atomic E-state index is 12.5. The van der Waals surface area contributed by atoms with Crippen LogP contribution in [0.3, 0.4) is 0 Å². The second-order valence-electron chi connectivity index (χ2n) is 7.60. The van der Waals surface area contributed by atoms with Crippen molar-refractivity contribution in [1.29, 1.82) is 0 Å². The van der Waals surface area contributed by atoms with Gasteiger partial charge < -0.3 is 29.3 Å². The summed E-state index contributed by atoms with van der Waals surface area (Å²) in [6.45, 7) is 1.64. The third kappa shape index (κ3) is 4.14. The van der Waals surface area contributed by atoms with Gasteiger partial charge in [0.1, 0.15) is 28.3 Å². The molecule has 2 fully saturated rings. The summed E-state index contributed by atoms with van der Waals surface area (Å²) in [7, 11) is -3.32. The van der Waals surface area contributed by atoms with E-state index < -0.39 is 22.9 Å². The summed E-state index contributed by atoms with van der Waals surface area (Å²) in [4.78, 5) is 25.9. The minimum Gasteiger partial charge on any atom is -0.486 e. The molecule has 0 aromatic heterocycles. The van der Waals surface area contributed by atoms with Gasteiger partial charge in [0, 0.05) is 13.1 Å². The summed E-state index contributed by atoms with van der Waals surface area (Å²) in [5.74, 6) is -1.61. The van der Waals surface area contributed by atoms with Gasteiger partial charge in [-0.1, -0.05) is 6.07 Å². The Morgan fingerprint density at radius 2 is 2.00 bits per heavy atom. The first-order valence-corrected chi connectivity index (χ1v) is 11.1. The number of aromatic carboxylic acids is 1. The number of nitrogens with zero attached hydrogens (tertiary/aromatic N) is 1. The number of likely N-dealkylation sites (tertiary alicyclic amines) is 1. The predicted molar refractivity (Wildman–Crippen MR) is 103 cm³/mol. The Morgan fingerprint density at radius 1 is 1.24 bits per heavy atom. The van der Waals surface area contributed by atoms with E-state index in [1.165, 1.54) is 6.07 Å². The van der Waals surface area contributed by atoms with Crippen LogP contribution in [0, 0.1) is 5.92 Å². The fourth-order valence-electron chi connectivity index (χ4n) is 3.86. The van der Waals surface area contributed by atoms with Gasteiger partial charge >= 0.3 is 5.97 Å². The van der Waals surface area contributed by atoms with Crippen molar-refractivity contribution < 1.29 is 37.8 Å². The molecule has 11 heteroatoms. The summed E-state index contributed by atoms with van der Waals surface area (Å²) < 4.78 is 30.6. The molecule has 0 saturated carbocycles. The third-order valence-corrected chi connectivity index (χ3v) is 6.57. The van der Waals surface area contributed by atoms with Crippen molar-refractivity contribution in [3.05, 3.63) is 23.3 Å². The molecule has 3 heterocycles. The average molecular weight is 428 g/mol. The lowest BCUT2D eigenvalue weighted by molar-refractivity contribution is -0.146. The quantitative estimate of drug-likeness (QED) is 0.463. The van der Waals surface area contributed by atoms with E-state index >= 15 is 0 Å². The number of piperidine rings is 1. The fraction of sp³-hybridized carbons (Fsp3) is 0.556. The largest absolute Gasteiger partial charge is 0.486 e. The molecule has 1 aromatic rings. The number of carboxylic acid groups (broad SMARTS) is 1. The summed E-state index contributed by atoms with van der Waals surface area (Å²) in [6, 6.07) is 3.19. The molecule has 29 heavy (non-hydrogen) atoms. The lowest BCUT2D eigenvalue weighted by atomic mass is 9.94. The predicted octanol–water partition coefficient (Wildman–Crippen LogP) is 0.545. The maximum Gasteiger partial charge on any atom is 0.343 e. The van der Waals surface area contributed by atoms with Gasteiger partial charge in [0.25, 0.3) is 0 Å². The zero-order valence-corrected chi connectivity index (χ0v) is 16.4. The molecule has 1 aromatic carbocycles. The molecule has 0 aliphatic carbocycles. The number of aliphatic hydroxyl groups excluding tert-OH is 1. The van der Waals surface area contributed by atoms with Crippen LogP contribution in [0.2, 0.25) is 0 Å².